The highest BCUT2D eigenvalue weighted by Gasteiger charge is 2.25. The Kier molecular flexibility index (Phi) is 8.34. The Morgan fingerprint density at radius 2 is 1.78 bits per heavy atom. The van der Waals surface area contributed by atoms with Crippen LogP contribution >= 0.6 is 11.6 Å². The minimum atomic E-state index is -0.521. The minimum Gasteiger partial charge on any atom is -0.354 e. The van der Waals surface area contributed by atoms with Gasteiger partial charge in [0.25, 0.3) is 0 Å². The van der Waals surface area contributed by atoms with Gasteiger partial charge in [-0.1, -0.05) is 61.0 Å². The van der Waals surface area contributed by atoms with E-state index in [9.17, 15) is 9.59 Å². The molecule has 1 atom stereocenters. The Morgan fingerprint density at radius 3 is 2.44 bits per heavy atom. The average molecular weight is 387 g/mol. The van der Waals surface area contributed by atoms with E-state index >= 15 is 0 Å². The van der Waals surface area contributed by atoms with Gasteiger partial charge in [0.2, 0.25) is 11.8 Å². The number of rotatable bonds is 9. The number of benzene rings is 2. The molecule has 0 fully saturated rings. The molecule has 2 aromatic carbocycles. The molecule has 0 unspecified atom stereocenters. The molecule has 4 nitrogen and oxygen atoms in total. The number of hydrogen-bond donors (Lipinski definition) is 1. The van der Waals surface area contributed by atoms with Crippen LogP contribution in [0.1, 0.15) is 31.4 Å². The summed E-state index contributed by atoms with van der Waals surface area (Å²) in [6, 6.07) is 16.7. The summed E-state index contributed by atoms with van der Waals surface area (Å²) >= 11 is 6.03. The third-order valence-corrected chi connectivity index (χ3v) is 4.68. The van der Waals surface area contributed by atoms with Crippen molar-refractivity contribution in [1.29, 1.82) is 0 Å². The average Bonchev–Trinajstić information content (AvgIpc) is 2.67. The van der Waals surface area contributed by atoms with Crippen LogP contribution in [0.25, 0.3) is 0 Å². The zero-order valence-electron chi connectivity index (χ0n) is 16.0. The molecule has 0 heterocycles. The number of amides is 2. The summed E-state index contributed by atoms with van der Waals surface area (Å²) in [5, 5.41) is 3.49. The fourth-order valence-corrected chi connectivity index (χ4v) is 3.10. The zero-order valence-corrected chi connectivity index (χ0v) is 16.7. The van der Waals surface area contributed by atoms with E-state index in [-0.39, 0.29) is 18.2 Å². The minimum absolute atomic E-state index is 0.0765. The van der Waals surface area contributed by atoms with Crippen LogP contribution in [0.15, 0.2) is 54.6 Å². The molecular formula is C22H27ClN2O2. The van der Waals surface area contributed by atoms with Crippen molar-refractivity contribution < 1.29 is 9.59 Å². The van der Waals surface area contributed by atoms with E-state index in [0.29, 0.717) is 24.5 Å². The van der Waals surface area contributed by atoms with Gasteiger partial charge < -0.3 is 10.2 Å². The SMILES string of the molecule is CCCNC(=O)[C@@H](C)N(CCc1ccccc1)C(=O)Cc1cccc(Cl)c1. The lowest BCUT2D eigenvalue weighted by Gasteiger charge is -2.29. The van der Waals surface area contributed by atoms with E-state index in [1.54, 1.807) is 24.0 Å². The van der Waals surface area contributed by atoms with Crippen molar-refractivity contribution in [3.8, 4) is 0 Å². The second kappa shape index (κ2) is 10.7. The van der Waals surface area contributed by atoms with Crippen LogP contribution in [0.4, 0.5) is 0 Å². The summed E-state index contributed by atoms with van der Waals surface area (Å²) < 4.78 is 0. The first-order chi connectivity index (χ1) is 13.0. The van der Waals surface area contributed by atoms with Crippen LogP contribution in [0.3, 0.4) is 0 Å². The topological polar surface area (TPSA) is 49.4 Å². The van der Waals surface area contributed by atoms with Crippen LogP contribution in [0.2, 0.25) is 5.02 Å². The molecule has 0 aliphatic heterocycles. The Morgan fingerprint density at radius 1 is 1.07 bits per heavy atom. The molecule has 0 aromatic heterocycles. The molecule has 2 aromatic rings. The molecule has 5 heteroatoms. The monoisotopic (exact) mass is 386 g/mol. The van der Waals surface area contributed by atoms with Gasteiger partial charge in [-0.3, -0.25) is 9.59 Å². The number of nitrogens with one attached hydrogen (secondary N) is 1. The predicted octanol–water partition coefficient (Wildman–Crippen LogP) is 3.87. The fourth-order valence-electron chi connectivity index (χ4n) is 2.89. The quantitative estimate of drug-likeness (QED) is 0.711. The van der Waals surface area contributed by atoms with E-state index in [4.69, 9.17) is 11.6 Å². The van der Waals surface area contributed by atoms with Crippen LogP contribution in [0, 0.1) is 0 Å². The summed E-state index contributed by atoms with van der Waals surface area (Å²) in [5.41, 5.74) is 1.98. The van der Waals surface area contributed by atoms with Gasteiger partial charge in [0, 0.05) is 18.1 Å². The first kappa shape index (κ1) is 21.0. The summed E-state index contributed by atoms with van der Waals surface area (Å²) in [6.07, 6.45) is 1.78. The van der Waals surface area contributed by atoms with E-state index in [1.165, 1.54) is 0 Å². The summed E-state index contributed by atoms with van der Waals surface area (Å²) in [6.45, 7) is 4.89. The van der Waals surface area contributed by atoms with Gasteiger partial charge in [0.15, 0.2) is 0 Å². The fraction of sp³-hybridized carbons (Fsp3) is 0.364. The van der Waals surface area contributed by atoms with Crippen molar-refractivity contribution >= 4 is 23.4 Å². The van der Waals surface area contributed by atoms with E-state index < -0.39 is 6.04 Å². The van der Waals surface area contributed by atoms with Gasteiger partial charge in [-0.25, -0.2) is 0 Å². The Bertz CT molecular complexity index is 749. The van der Waals surface area contributed by atoms with E-state index in [2.05, 4.69) is 5.32 Å². The van der Waals surface area contributed by atoms with Crippen molar-refractivity contribution in [2.75, 3.05) is 13.1 Å². The summed E-state index contributed by atoms with van der Waals surface area (Å²) in [5.74, 6) is -0.197. The molecule has 0 aliphatic rings. The standard InChI is InChI=1S/C22H27ClN2O2/c1-3-13-24-22(27)17(2)25(14-12-18-8-5-4-6-9-18)21(26)16-19-10-7-11-20(23)15-19/h4-11,15,17H,3,12-14,16H2,1-2H3,(H,24,27)/t17-/m1/s1. The van der Waals surface area contributed by atoms with Crippen LogP contribution in [-0.4, -0.2) is 35.8 Å². The maximum atomic E-state index is 13.0. The highest BCUT2D eigenvalue weighted by Crippen LogP contribution is 2.14. The van der Waals surface area contributed by atoms with Gasteiger partial charge >= 0.3 is 0 Å². The lowest BCUT2D eigenvalue weighted by atomic mass is 10.1. The first-order valence-electron chi connectivity index (χ1n) is 9.36. The van der Waals surface area contributed by atoms with Gasteiger partial charge in [-0.05, 0) is 43.0 Å². The van der Waals surface area contributed by atoms with Gasteiger partial charge in [0.1, 0.15) is 6.04 Å². The number of nitrogens with zero attached hydrogens (tertiary/aromatic N) is 1. The molecule has 0 saturated carbocycles. The van der Waals surface area contributed by atoms with Crippen LogP contribution in [0.5, 0.6) is 0 Å². The van der Waals surface area contributed by atoms with Gasteiger partial charge in [-0.15, -0.1) is 0 Å². The molecule has 27 heavy (non-hydrogen) atoms. The number of carbonyl (C=O) groups excluding carboxylic acids is 2. The Labute approximate surface area is 166 Å². The number of halogens is 1. The summed E-state index contributed by atoms with van der Waals surface area (Å²) in [7, 11) is 0. The largest absolute Gasteiger partial charge is 0.354 e. The molecule has 144 valence electrons. The Hall–Kier alpha value is -2.33. The molecule has 0 radical (unpaired) electrons. The lowest BCUT2D eigenvalue weighted by molar-refractivity contribution is -0.139. The zero-order chi connectivity index (χ0) is 19.6. The Balaban J connectivity index is 2.11. The predicted molar refractivity (Wildman–Crippen MR) is 110 cm³/mol. The van der Waals surface area contributed by atoms with Crippen molar-refractivity contribution in [2.24, 2.45) is 0 Å². The van der Waals surface area contributed by atoms with Crippen molar-refractivity contribution in [3.05, 3.63) is 70.7 Å². The maximum Gasteiger partial charge on any atom is 0.242 e. The number of hydrogen-bond acceptors (Lipinski definition) is 2. The molecule has 2 amide bonds. The molecular weight excluding hydrogens is 360 g/mol. The molecule has 1 N–H and O–H groups in total. The van der Waals surface area contributed by atoms with Gasteiger partial charge in [0.05, 0.1) is 6.42 Å². The highest BCUT2D eigenvalue weighted by molar-refractivity contribution is 6.30. The smallest absolute Gasteiger partial charge is 0.242 e. The normalized spacial score (nSPS) is 11.7. The molecule has 0 saturated heterocycles. The number of carbonyl (C=O) groups is 2. The first-order valence-corrected chi connectivity index (χ1v) is 9.74. The van der Waals surface area contributed by atoms with Crippen molar-refractivity contribution in [2.45, 2.75) is 39.2 Å². The van der Waals surface area contributed by atoms with Gasteiger partial charge in [-0.2, -0.15) is 0 Å². The van der Waals surface area contributed by atoms with E-state index in [0.717, 1.165) is 17.5 Å². The third kappa shape index (κ3) is 6.72. The molecule has 0 aliphatic carbocycles. The second-order valence-corrected chi connectivity index (χ2v) is 7.03. The van der Waals surface area contributed by atoms with Crippen molar-refractivity contribution in [3.63, 3.8) is 0 Å². The second-order valence-electron chi connectivity index (χ2n) is 6.60. The van der Waals surface area contributed by atoms with Crippen LogP contribution in [-0.2, 0) is 22.4 Å². The molecule has 0 bridgehead atoms. The lowest BCUT2D eigenvalue weighted by Crippen LogP contribution is -2.49. The van der Waals surface area contributed by atoms with Crippen molar-refractivity contribution in [1.82, 2.24) is 10.2 Å². The maximum absolute atomic E-state index is 13.0. The van der Waals surface area contributed by atoms with E-state index in [1.807, 2.05) is 49.4 Å². The molecule has 0 spiro atoms. The third-order valence-electron chi connectivity index (χ3n) is 4.45. The molecule has 2 rings (SSSR count). The summed E-state index contributed by atoms with van der Waals surface area (Å²) in [4.78, 5) is 27.1. The highest BCUT2D eigenvalue weighted by atomic mass is 35.5. The van der Waals surface area contributed by atoms with Crippen LogP contribution < -0.4 is 5.32 Å².